The first-order valence-electron chi connectivity index (χ1n) is 10.0. The maximum Gasteiger partial charge on any atom is 0.167 e. The molecule has 0 radical (unpaired) electrons. The summed E-state index contributed by atoms with van der Waals surface area (Å²) in [6.07, 6.45) is -0.0506. The van der Waals surface area contributed by atoms with Crippen molar-refractivity contribution in [3.05, 3.63) is 42.7 Å². The van der Waals surface area contributed by atoms with E-state index in [0.29, 0.717) is 35.1 Å². The van der Waals surface area contributed by atoms with Crippen molar-refractivity contribution >= 4 is 28.7 Å². The molecule has 164 valence electrons. The minimum atomic E-state index is -1.18. The number of aliphatic hydroxyl groups is 2. The molecule has 1 unspecified atom stereocenters. The minimum Gasteiger partial charge on any atom is -0.387 e. The lowest BCUT2D eigenvalue weighted by Crippen LogP contribution is -2.32. The molecule has 0 saturated carbocycles. The van der Waals surface area contributed by atoms with E-state index in [4.69, 9.17) is 9.47 Å². The Hall–Kier alpha value is -2.31. The van der Waals surface area contributed by atoms with E-state index in [2.05, 4.69) is 20.3 Å². The Morgan fingerprint density at radius 2 is 2.06 bits per heavy atom. The maximum atomic E-state index is 13.9. The number of nitrogens with zero attached hydrogens (tertiary/aromatic N) is 4. The number of nitrogens with one attached hydrogen (secondary N) is 1. The third-order valence-electron chi connectivity index (χ3n) is 5.48. The summed E-state index contributed by atoms with van der Waals surface area (Å²) in [5, 5.41) is 24.5. The molecule has 3 N–H and O–H groups in total. The van der Waals surface area contributed by atoms with Crippen molar-refractivity contribution in [2.24, 2.45) is 0 Å². The molecule has 1 aromatic carbocycles. The molecular formula is C20H22FN5O4S. The molecule has 3 aromatic rings. The van der Waals surface area contributed by atoms with E-state index in [1.807, 2.05) is 0 Å². The summed E-state index contributed by atoms with van der Waals surface area (Å²) in [5.74, 6) is 0.534. The molecule has 5 rings (SSSR count). The highest BCUT2D eigenvalue weighted by atomic mass is 32.2. The van der Waals surface area contributed by atoms with Gasteiger partial charge in [-0.3, -0.25) is 4.57 Å². The van der Waals surface area contributed by atoms with Crippen LogP contribution in [-0.4, -0.2) is 73.1 Å². The van der Waals surface area contributed by atoms with Crippen LogP contribution in [0.5, 0.6) is 0 Å². The highest BCUT2D eigenvalue weighted by Crippen LogP contribution is 2.35. The van der Waals surface area contributed by atoms with Crippen molar-refractivity contribution in [2.45, 2.75) is 41.9 Å². The van der Waals surface area contributed by atoms with Gasteiger partial charge in [0.15, 0.2) is 23.2 Å². The van der Waals surface area contributed by atoms with E-state index in [1.165, 1.54) is 30.5 Å². The third-order valence-corrected chi connectivity index (χ3v) is 6.62. The normalized spacial score (nSPS) is 28.4. The Labute approximate surface area is 181 Å². The average molecular weight is 447 g/mol. The van der Waals surface area contributed by atoms with Gasteiger partial charge in [0.05, 0.1) is 25.1 Å². The maximum absolute atomic E-state index is 13.9. The zero-order valence-electron chi connectivity index (χ0n) is 16.5. The van der Waals surface area contributed by atoms with E-state index in [0.717, 1.165) is 6.42 Å². The number of hydrogen-bond donors (Lipinski definition) is 3. The van der Waals surface area contributed by atoms with E-state index in [-0.39, 0.29) is 17.6 Å². The fraction of sp³-hybridized carbons (Fsp3) is 0.450. The topological polar surface area (TPSA) is 115 Å². The van der Waals surface area contributed by atoms with Crippen molar-refractivity contribution in [1.82, 2.24) is 19.5 Å². The second kappa shape index (κ2) is 8.67. The Morgan fingerprint density at radius 1 is 1.19 bits per heavy atom. The lowest BCUT2D eigenvalue weighted by Gasteiger charge is -2.17. The van der Waals surface area contributed by atoms with Crippen LogP contribution in [0.15, 0.2) is 41.8 Å². The third kappa shape index (κ3) is 3.99. The first-order chi connectivity index (χ1) is 15.1. The van der Waals surface area contributed by atoms with Gasteiger partial charge in [-0.1, -0.05) is 12.1 Å². The summed E-state index contributed by atoms with van der Waals surface area (Å²) in [7, 11) is 0. The summed E-state index contributed by atoms with van der Waals surface area (Å²) in [4.78, 5) is 13.5. The number of rotatable bonds is 6. The van der Waals surface area contributed by atoms with E-state index in [1.54, 1.807) is 22.8 Å². The number of imidazole rings is 1. The van der Waals surface area contributed by atoms with Crippen molar-refractivity contribution in [3.8, 4) is 0 Å². The van der Waals surface area contributed by atoms with Gasteiger partial charge >= 0.3 is 0 Å². The predicted octanol–water partition coefficient (Wildman–Crippen LogP) is 1.58. The lowest BCUT2D eigenvalue weighted by molar-refractivity contribution is -0.0289. The van der Waals surface area contributed by atoms with Crippen LogP contribution >= 0.6 is 11.8 Å². The number of anilines is 1. The van der Waals surface area contributed by atoms with Crippen LogP contribution in [0.25, 0.3) is 11.2 Å². The Bertz CT molecular complexity index is 1060. The van der Waals surface area contributed by atoms with E-state index < -0.39 is 24.5 Å². The molecule has 4 heterocycles. The largest absolute Gasteiger partial charge is 0.387 e. The lowest BCUT2D eigenvalue weighted by atomic mass is 10.1. The van der Waals surface area contributed by atoms with Gasteiger partial charge < -0.3 is 25.0 Å². The Balaban J connectivity index is 1.34. The van der Waals surface area contributed by atoms with Gasteiger partial charge in [0.1, 0.15) is 24.4 Å². The fourth-order valence-corrected chi connectivity index (χ4v) is 4.82. The SMILES string of the molecule is O[C@@H]1[C@@H](CSc2ccccc2F)OC(n2cnc3c(N[C@@H]4CCOC4)ncnc32)[C@@H]1O. The molecular weight excluding hydrogens is 425 g/mol. The van der Waals surface area contributed by atoms with Gasteiger partial charge in [-0.15, -0.1) is 11.8 Å². The van der Waals surface area contributed by atoms with Crippen molar-refractivity contribution in [3.63, 3.8) is 0 Å². The van der Waals surface area contributed by atoms with Gasteiger partial charge in [0.2, 0.25) is 0 Å². The molecule has 11 heteroatoms. The highest BCUT2D eigenvalue weighted by Gasteiger charge is 2.44. The summed E-state index contributed by atoms with van der Waals surface area (Å²) in [6, 6.07) is 6.56. The molecule has 5 atom stereocenters. The number of aliphatic hydroxyl groups excluding tert-OH is 2. The zero-order valence-corrected chi connectivity index (χ0v) is 17.3. The summed E-state index contributed by atoms with van der Waals surface area (Å²) in [5.41, 5.74) is 1.03. The monoisotopic (exact) mass is 447 g/mol. The molecule has 2 fully saturated rings. The molecule has 31 heavy (non-hydrogen) atoms. The summed E-state index contributed by atoms with van der Waals surface area (Å²) < 4.78 is 26.8. The van der Waals surface area contributed by atoms with Crippen LogP contribution in [0.4, 0.5) is 10.2 Å². The number of halogens is 1. The van der Waals surface area contributed by atoms with Crippen LogP contribution in [0.3, 0.4) is 0 Å². The van der Waals surface area contributed by atoms with Gasteiger partial charge in [-0.25, -0.2) is 19.3 Å². The number of hydrogen-bond acceptors (Lipinski definition) is 9. The van der Waals surface area contributed by atoms with Crippen molar-refractivity contribution in [2.75, 3.05) is 24.3 Å². The average Bonchev–Trinajstić information content (AvgIpc) is 3.50. The van der Waals surface area contributed by atoms with Crippen LogP contribution in [0, 0.1) is 5.82 Å². The van der Waals surface area contributed by atoms with Crippen LogP contribution in [-0.2, 0) is 9.47 Å². The number of thioether (sulfide) groups is 1. The number of fused-ring (bicyclic) bond motifs is 1. The van der Waals surface area contributed by atoms with Crippen molar-refractivity contribution in [1.29, 1.82) is 0 Å². The molecule has 2 aliphatic rings. The molecule has 0 amide bonds. The number of aromatic nitrogens is 4. The molecule has 0 bridgehead atoms. The van der Waals surface area contributed by atoms with Crippen LogP contribution < -0.4 is 5.32 Å². The first kappa shape index (κ1) is 20.6. The molecule has 0 spiro atoms. The Kier molecular flexibility index (Phi) is 5.76. The predicted molar refractivity (Wildman–Crippen MR) is 111 cm³/mol. The molecule has 0 aliphatic carbocycles. The first-order valence-corrected chi connectivity index (χ1v) is 11.0. The second-order valence-corrected chi connectivity index (χ2v) is 8.60. The smallest absolute Gasteiger partial charge is 0.167 e. The van der Waals surface area contributed by atoms with E-state index >= 15 is 0 Å². The van der Waals surface area contributed by atoms with Gasteiger partial charge in [0.25, 0.3) is 0 Å². The molecule has 2 saturated heterocycles. The highest BCUT2D eigenvalue weighted by molar-refractivity contribution is 7.99. The second-order valence-electron chi connectivity index (χ2n) is 7.54. The number of ether oxygens (including phenoxy) is 2. The van der Waals surface area contributed by atoms with Crippen LogP contribution in [0.2, 0.25) is 0 Å². The zero-order chi connectivity index (χ0) is 21.4. The molecule has 9 nitrogen and oxygen atoms in total. The van der Waals surface area contributed by atoms with Gasteiger partial charge in [0, 0.05) is 17.3 Å². The molecule has 2 aliphatic heterocycles. The summed E-state index contributed by atoms with van der Waals surface area (Å²) in [6.45, 7) is 1.30. The van der Waals surface area contributed by atoms with E-state index in [9.17, 15) is 14.6 Å². The van der Waals surface area contributed by atoms with Crippen LogP contribution in [0.1, 0.15) is 12.6 Å². The minimum absolute atomic E-state index is 0.151. The van der Waals surface area contributed by atoms with Gasteiger partial charge in [-0.2, -0.15) is 0 Å². The van der Waals surface area contributed by atoms with Gasteiger partial charge in [-0.05, 0) is 18.6 Å². The Morgan fingerprint density at radius 3 is 2.87 bits per heavy atom. The standard InChI is InChI=1S/C20H22FN5O4S/c21-12-3-1-2-4-14(12)31-8-13-16(27)17(28)20(30-13)26-10-24-15-18(22-9-23-19(15)26)25-11-5-6-29-7-11/h1-4,9-11,13,16-17,20,27-28H,5-8H2,(H,22,23,25)/t11-,13-,16-,17-,20?/m1/s1. The fourth-order valence-electron chi connectivity index (χ4n) is 3.82. The van der Waals surface area contributed by atoms with Crippen molar-refractivity contribution < 1.29 is 24.1 Å². The quantitative estimate of drug-likeness (QED) is 0.485. The summed E-state index contributed by atoms with van der Waals surface area (Å²) >= 11 is 1.23. The molecule has 2 aromatic heterocycles. The number of benzene rings is 1.